The summed E-state index contributed by atoms with van der Waals surface area (Å²) in [5, 5.41) is 4.35. The van der Waals surface area contributed by atoms with E-state index in [1.807, 2.05) is 28.9 Å². The Kier molecular flexibility index (Phi) is 4.61. The van der Waals surface area contributed by atoms with Crippen molar-refractivity contribution in [3.05, 3.63) is 46.2 Å². The molecule has 0 fully saturated rings. The first-order valence-electron chi connectivity index (χ1n) is 6.28. The van der Waals surface area contributed by atoms with E-state index in [0.29, 0.717) is 0 Å². The molecule has 2 N–H and O–H groups in total. The molecule has 1 unspecified atom stereocenters. The summed E-state index contributed by atoms with van der Waals surface area (Å²) in [5.41, 5.74) is 8.38. The molecule has 19 heavy (non-hydrogen) atoms. The molecular weight excluding hydrogens is 306 g/mol. The zero-order valence-electron chi connectivity index (χ0n) is 11.1. The predicted octanol–water partition coefficient (Wildman–Crippen LogP) is 3.11. The summed E-state index contributed by atoms with van der Waals surface area (Å²) >= 11 is 3.53. The van der Waals surface area contributed by atoms with Gasteiger partial charge in [-0.05, 0) is 40.0 Å². The fraction of sp³-hybridized carbons (Fsp3) is 0.357. The monoisotopic (exact) mass is 323 g/mol. The maximum Gasteiger partial charge on any atom is 0.119 e. The van der Waals surface area contributed by atoms with Gasteiger partial charge in [0.05, 0.1) is 29.5 Å². The SMILES string of the molecule is CCCn1ncc(Br)c1C(N)c1cccc(OC)c1. The standard InChI is InChI=1S/C14H18BrN3O/c1-3-7-18-14(12(15)9-17-18)13(16)10-5-4-6-11(8-10)19-2/h4-6,8-9,13H,3,7,16H2,1-2H3. The first-order valence-corrected chi connectivity index (χ1v) is 7.07. The van der Waals surface area contributed by atoms with E-state index < -0.39 is 0 Å². The van der Waals surface area contributed by atoms with Gasteiger partial charge >= 0.3 is 0 Å². The van der Waals surface area contributed by atoms with E-state index in [1.54, 1.807) is 13.3 Å². The number of aryl methyl sites for hydroxylation is 1. The van der Waals surface area contributed by atoms with Gasteiger partial charge < -0.3 is 10.5 Å². The lowest BCUT2D eigenvalue weighted by molar-refractivity contribution is 0.414. The lowest BCUT2D eigenvalue weighted by Crippen LogP contribution is -2.18. The molecular formula is C14H18BrN3O. The topological polar surface area (TPSA) is 53.1 Å². The van der Waals surface area contributed by atoms with Gasteiger partial charge in [0.2, 0.25) is 0 Å². The van der Waals surface area contributed by atoms with Crippen molar-refractivity contribution in [2.24, 2.45) is 5.73 Å². The van der Waals surface area contributed by atoms with E-state index in [1.165, 1.54) is 0 Å². The summed E-state index contributed by atoms with van der Waals surface area (Å²) < 4.78 is 8.13. The Morgan fingerprint density at radius 3 is 2.95 bits per heavy atom. The van der Waals surface area contributed by atoms with Crippen molar-refractivity contribution >= 4 is 15.9 Å². The Labute approximate surface area is 121 Å². The van der Waals surface area contributed by atoms with Crippen molar-refractivity contribution < 1.29 is 4.74 Å². The Balaban J connectivity index is 2.37. The summed E-state index contributed by atoms with van der Waals surface area (Å²) in [4.78, 5) is 0. The predicted molar refractivity (Wildman–Crippen MR) is 79.2 cm³/mol. The van der Waals surface area contributed by atoms with Crippen LogP contribution in [-0.4, -0.2) is 16.9 Å². The summed E-state index contributed by atoms with van der Waals surface area (Å²) in [6.45, 7) is 2.98. The molecule has 0 bridgehead atoms. The molecule has 2 aromatic rings. The third-order valence-electron chi connectivity index (χ3n) is 3.02. The van der Waals surface area contributed by atoms with Gasteiger partial charge in [0.25, 0.3) is 0 Å². The van der Waals surface area contributed by atoms with Crippen molar-refractivity contribution in [1.82, 2.24) is 9.78 Å². The van der Waals surface area contributed by atoms with Gasteiger partial charge in [0, 0.05) is 6.54 Å². The molecule has 1 atom stereocenters. The van der Waals surface area contributed by atoms with Crippen molar-refractivity contribution in [2.45, 2.75) is 25.9 Å². The fourth-order valence-electron chi connectivity index (χ4n) is 2.06. The molecule has 1 aromatic heterocycles. The zero-order valence-corrected chi connectivity index (χ0v) is 12.7. The van der Waals surface area contributed by atoms with Crippen LogP contribution in [0.3, 0.4) is 0 Å². The van der Waals surface area contributed by atoms with Crippen LogP contribution in [0.1, 0.15) is 30.6 Å². The van der Waals surface area contributed by atoms with E-state index in [0.717, 1.165) is 34.4 Å². The molecule has 5 heteroatoms. The molecule has 4 nitrogen and oxygen atoms in total. The van der Waals surface area contributed by atoms with Crippen molar-refractivity contribution in [3.8, 4) is 5.75 Å². The first kappa shape index (κ1) is 14.1. The first-order chi connectivity index (χ1) is 9.17. The van der Waals surface area contributed by atoms with E-state index in [-0.39, 0.29) is 6.04 Å². The largest absolute Gasteiger partial charge is 0.497 e. The van der Waals surface area contributed by atoms with Crippen LogP contribution < -0.4 is 10.5 Å². The number of hydrogen-bond donors (Lipinski definition) is 1. The number of nitrogens with two attached hydrogens (primary N) is 1. The normalized spacial score (nSPS) is 12.4. The summed E-state index contributed by atoms with van der Waals surface area (Å²) in [6, 6.07) is 7.60. The molecule has 1 heterocycles. The molecule has 0 spiro atoms. The second-order valence-electron chi connectivity index (χ2n) is 4.36. The van der Waals surface area contributed by atoms with Gasteiger partial charge in [-0.15, -0.1) is 0 Å². The number of halogens is 1. The van der Waals surface area contributed by atoms with E-state index in [2.05, 4.69) is 28.0 Å². The zero-order chi connectivity index (χ0) is 13.8. The van der Waals surface area contributed by atoms with Gasteiger partial charge in [-0.25, -0.2) is 0 Å². The fourth-order valence-corrected chi connectivity index (χ4v) is 2.61. The van der Waals surface area contributed by atoms with Gasteiger partial charge in [-0.1, -0.05) is 19.1 Å². The van der Waals surface area contributed by atoms with Crippen LogP contribution in [0.15, 0.2) is 34.9 Å². The van der Waals surface area contributed by atoms with Gasteiger partial charge in [-0.2, -0.15) is 5.10 Å². The number of aromatic nitrogens is 2. The summed E-state index contributed by atoms with van der Waals surface area (Å²) in [6.07, 6.45) is 2.82. The smallest absolute Gasteiger partial charge is 0.119 e. The highest BCUT2D eigenvalue weighted by Gasteiger charge is 2.18. The van der Waals surface area contributed by atoms with Crippen LogP contribution in [0.25, 0.3) is 0 Å². The maximum absolute atomic E-state index is 6.37. The van der Waals surface area contributed by atoms with Crippen LogP contribution in [-0.2, 0) is 6.54 Å². The molecule has 0 radical (unpaired) electrons. The van der Waals surface area contributed by atoms with Crippen molar-refractivity contribution in [1.29, 1.82) is 0 Å². The van der Waals surface area contributed by atoms with E-state index in [4.69, 9.17) is 10.5 Å². The summed E-state index contributed by atoms with van der Waals surface area (Å²) in [5.74, 6) is 0.811. The lowest BCUT2D eigenvalue weighted by Gasteiger charge is -2.16. The molecule has 2 rings (SSSR count). The average molecular weight is 324 g/mol. The molecule has 0 saturated carbocycles. The minimum Gasteiger partial charge on any atom is -0.497 e. The molecule has 0 aliphatic carbocycles. The van der Waals surface area contributed by atoms with E-state index in [9.17, 15) is 0 Å². The minimum atomic E-state index is -0.224. The third kappa shape index (κ3) is 2.98. The number of benzene rings is 1. The summed E-state index contributed by atoms with van der Waals surface area (Å²) in [7, 11) is 1.65. The quantitative estimate of drug-likeness (QED) is 0.919. The highest BCUT2D eigenvalue weighted by atomic mass is 79.9. The van der Waals surface area contributed by atoms with Crippen LogP contribution in [0.5, 0.6) is 5.75 Å². The Bertz CT molecular complexity index is 553. The van der Waals surface area contributed by atoms with Crippen molar-refractivity contribution in [3.63, 3.8) is 0 Å². The Morgan fingerprint density at radius 2 is 2.26 bits per heavy atom. The average Bonchev–Trinajstić information content (AvgIpc) is 2.79. The maximum atomic E-state index is 6.37. The molecule has 0 aliphatic rings. The Hall–Kier alpha value is -1.33. The number of hydrogen-bond acceptors (Lipinski definition) is 3. The highest BCUT2D eigenvalue weighted by Crippen LogP contribution is 2.28. The molecule has 0 aliphatic heterocycles. The lowest BCUT2D eigenvalue weighted by atomic mass is 10.0. The number of nitrogens with zero attached hydrogens (tertiary/aromatic N) is 2. The molecule has 0 amide bonds. The molecule has 1 aromatic carbocycles. The second kappa shape index (κ2) is 6.21. The van der Waals surface area contributed by atoms with E-state index >= 15 is 0 Å². The molecule has 102 valence electrons. The van der Waals surface area contributed by atoms with Crippen LogP contribution >= 0.6 is 15.9 Å². The second-order valence-corrected chi connectivity index (χ2v) is 5.21. The minimum absolute atomic E-state index is 0.224. The van der Waals surface area contributed by atoms with Crippen LogP contribution in [0.2, 0.25) is 0 Å². The number of rotatable bonds is 5. The number of ether oxygens (including phenoxy) is 1. The van der Waals surface area contributed by atoms with Gasteiger partial charge in [0.15, 0.2) is 0 Å². The molecule has 0 saturated heterocycles. The van der Waals surface area contributed by atoms with Crippen molar-refractivity contribution in [2.75, 3.05) is 7.11 Å². The number of methoxy groups -OCH3 is 1. The van der Waals surface area contributed by atoms with Crippen LogP contribution in [0, 0.1) is 0 Å². The van der Waals surface area contributed by atoms with Gasteiger partial charge in [-0.3, -0.25) is 4.68 Å². The third-order valence-corrected chi connectivity index (χ3v) is 3.63. The van der Waals surface area contributed by atoms with Crippen LogP contribution in [0.4, 0.5) is 0 Å². The Morgan fingerprint density at radius 1 is 1.47 bits per heavy atom. The van der Waals surface area contributed by atoms with Gasteiger partial charge in [0.1, 0.15) is 5.75 Å². The highest BCUT2D eigenvalue weighted by molar-refractivity contribution is 9.10.